The third-order valence-electron chi connectivity index (χ3n) is 6.76. The van der Waals surface area contributed by atoms with Crippen LogP contribution in [-0.4, -0.2) is 93.8 Å². The van der Waals surface area contributed by atoms with E-state index < -0.39 is 5.01 Å². The Kier molecular flexibility index (Phi) is 6.77. The highest BCUT2D eigenvalue weighted by Crippen LogP contribution is 2.45. The lowest BCUT2D eigenvalue weighted by Crippen LogP contribution is -2.57. The summed E-state index contributed by atoms with van der Waals surface area (Å²) in [7, 11) is 18.8. The summed E-state index contributed by atoms with van der Waals surface area (Å²) in [6, 6.07) is 10.0. The van der Waals surface area contributed by atoms with E-state index in [0.717, 1.165) is 5.56 Å². The van der Waals surface area contributed by atoms with Crippen LogP contribution >= 0.6 is 0 Å². The Hall–Kier alpha value is -0.800. The van der Waals surface area contributed by atoms with E-state index in [4.69, 9.17) is 33.2 Å². The van der Waals surface area contributed by atoms with Gasteiger partial charge in [0.2, 0.25) is 0 Å². The van der Waals surface area contributed by atoms with Crippen molar-refractivity contribution in [2.45, 2.75) is 74.4 Å². The van der Waals surface area contributed by atoms with Gasteiger partial charge >= 0.3 is 0 Å². The molecule has 0 aromatic heterocycles. The van der Waals surface area contributed by atoms with Gasteiger partial charge in [-0.2, -0.15) is 5.01 Å². The van der Waals surface area contributed by atoms with Crippen molar-refractivity contribution >= 4 is 31.4 Å². The molecule has 2 bridgehead atoms. The molecule has 5 heterocycles. The van der Waals surface area contributed by atoms with Gasteiger partial charge in [-0.05, 0) is 5.92 Å². The molecule has 0 aliphatic carbocycles. The maximum absolute atomic E-state index is 6.40. The summed E-state index contributed by atoms with van der Waals surface area (Å²) in [5, 5.41) is -1.50. The van der Waals surface area contributed by atoms with Gasteiger partial charge < -0.3 is 33.2 Å². The molecule has 1 aromatic carbocycles. The van der Waals surface area contributed by atoms with Gasteiger partial charge in [-0.25, -0.2) is 0 Å². The Morgan fingerprint density at radius 1 is 0.788 bits per heavy atom. The second-order valence-electron chi connectivity index (χ2n) is 9.48. The number of rotatable bonds is 3. The molecule has 5 aliphatic rings. The van der Waals surface area contributed by atoms with Crippen molar-refractivity contribution < 1.29 is 33.2 Å². The van der Waals surface area contributed by atoms with Crippen LogP contribution < -0.4 is 0 Å². The molecule has 5 saturated heterocycles. The number of ether oxygens (including phenoxy) is 7. The molecule has 6 rings (SSSR count). The second-order valence-corrected chi connectivity index (χ2v) is 9.48. The van der Waals surface area contributed by atoms with Gasteiger partial charge in [-0.1, -0.05) is 44.2 Å². The number of hydrogen-bond acceptors (Lipinski definition) is 7. The van der Waals surface area contributed by atoms with Crippen LogP contribution in [0.2, 0.25) is 5.01 Å². The largest absolute Gasteiger partial charge is 0.361 e. The fourth-order valence-electron chi connectivity index (χ4n) is 4.85. The first-order valence-corrected chi connectivity index (χ1v) is 11.4. The highest BCUT2D eigenvalue weighted by Gasteiger charge is 2.63. The molecular formula is C22H26B4O7. The van der Waals surface area contributed by atoms with Gasteiger partial charge in [-0.3, -0.25) is 0 Å². The van der Waals surface area contributed by atoms with Crippen LogP contribution in [0.5, 0.6) is 0 Å². The molecular weight excluding hydrogens is 419 g/mol. The predicted molar refractivity (Wildman–Crippen MR) is 121 cm³/mol. The lowest BCUT2D eigenvalue weighted by atomic mass is 9.33. The van der Waals surface area contributed by atoms with E-state index in [-0.39, 0.29) is 67.3 Å². The number of benzene rings is 1. The Bertz CT molecular complexity index is 804. The summed E-state index contributed by atoms with van der Waals surface area (Å²) < 4.78 is 42.2. The molecule has 5 aliphatic heterocycles. The van der Waals surface area contributed by atoms with Crippen molar-refractivity contribution in [1.29, 1.82) is 0 Å². The van der Waals surface area contributed by atoms with Crippen molar-refractivity contribution in [2.24, 2.45) is 11.8 Å². The lowest BCUT2D eigenvalue weighted by Gasteiger charge is -2.48. The minimum Gasteiger partial charge on any atom is -0.361 e. The maximum atomic E-state index is 6.40. The average molecular weight is 446 g/mol. The zero-order chi connectivity index (χ0) is 23.3. The number of epoxide rings is 1. The van der Waals surface area contributed by atoms with Crippen molar-refractivity contribution in [3.63, 3.8) is 0 Å². The smallest absolute Gasteiger partial charge is 0.187 e. The van der Waals surface area contributed by atoms with E-state index >= 15 is 0 Å². The summed E-state index contributed by atoms with van der Waals surface area (Å²) in [4.78, 5) is 0. The quantitative estimate of drug-likeness (QED) is 0.501. The molecule has 8 radical (unpaired) electrons. The van der Waals surface area contributed by atoms with Crippen molar-refractivity contribution in [2.75, 3.05) is 13.2 Å². The first-order chi connectivity index (χ1) is 15.7. The van der Waals surface area contributed by atoms with E-state index in [9.17, 15) is 0 Å². The fourth-order valence-corrected chi connectivity index (χ4v) is 4.85. The molecule has 7 nitrogen and oxygen atoms in total. The summed E-state index contributed by atoms with van der Waals surface area (Å²) in [6.07, 6.45) is -1.27. The summed E-state index contributed by atoms with van der Waals surface area (Å²) in [6.45, 7) is 5.40. The minimum atomic E-state index is -1.50. The van der Waals surface area contributed by atoms with Crippen LogP contribution in [0.15, 0.2) is 30.3 Å². The van der Waals surface area contributed by atoms with Crippen molar-refractivity contribution in [3.05, 3.63) is 35.9 Å². The first-order valence-electron chi connectivity index (χ1n) is 11.4. The number of hydrogen-bond donors (Lipinski definition) is 0. The van der Waals surface area contributed by atoms with Crippen LogP contribution in [0.3, 0.4) is 0 Å². The van der Waals surface area contributed by atoms with Crippen LogP contribution in [-0.2, 0) is 33.2 Å². The molecule has 33 heavy (non-hydrogen) atoms. The van der Waals surface area contributed by atoms with Gasteiger partial charge in [0.05, 0.1) is 19.3 Å². The van der Waals surface area contributed by atoms with E-state index in [0.29, 0.717) is 13.2 Å². The summed E-state index contributed by atoms with van der Waals surface area (Å²) in [5.41, 5.74) is 1.03. The third-order valence-corrected chi connectivity index (χ3v) is 6.76. The minimum absolute atomic E-state index is 0.000737. The van der Waals surface area contributed by atoms with Gasteiger partial charge in [0, 0.05) is 42.9 Å². The fraction of sp³-hybridized carbons (Fsp3) is 0.727. The van der Waals surface area contributed by atoms with Crippen molar-refractivity contribution in [3.8, 4) is 0 Å². The molecule has 0 amide bonds. The molecule has 11 heteroatoms. The maximum Gasteiger partial charge on any atom is 0.187 e. The predicted octanol–water partition coefficient (Wildman–Crippen LogP) is 0.697. The SMILES string of the molecule is CC1[C@H](O[C@@H]2C3CO[C@H](O3)C3O[C@@H]32)O[C@H]2COC(c3ccccc3)O[C@H]2[C@@H]1C.[B]C([B])([B])[B]. The van der Waals surface area contributed by atoms with E-state index in [1.807, 2.05) is 30.3 Å². The van der Waals surface area contributed by atoms with Gasteiger partial charge in [0.15, 0.2) is 18.9 Å². The summed E-state index contributed by atoms with van der Waals surface area (Å²) in [5.74, 6) is 0.444. The molecule has 4 unspecified atom stereocenters. The molecule has 0 saturated carbocycles. The van der Waals surface area contributed by atoms with Crippen LogP contribution in [0.25, 0.3) is 0 Å². The Labute approximate surface area is 200 Å². The van der Waals surface area contributed by atoms with E-state index in [1.54, 1.807) is 0 Å². The zero-order valence-corrected chi connectivity index (χ0v) is 18.8. The van der Waals surface area contributed by atoms with E-state index in [2.05, 4.69) is 45.2 Å². The summed E-state index contributed by atoms with van der Waals surface area (Å²) >= 11 is 0. The first kappa shape index (κ1) is 23.9. The van der Waals surface area contributed by atoms with Crippen LogP contribution in [0.1, 0.15) is 25.7 Å². The normalized spacial score (nSPS) is 45.8. The highest BCUT2D eigenvalue weighted by molar-refractivity contribution is 6.74. The topological polar surface area (TPSA) is 67.9 Å². The highest BCUT2D eigenvalue weighted by atomic mass is 16.8. The number of fused-ring (bicyclic) bond motifs is 5. The van der Waals surface area contributed by atoms with Crippen LogP contribution in [0.4, 0.5) is 0 Å². The van der Waals surface area contributed by atoms with E-state index in [1.165, 1.54) is 0 Å². The molecule has 1 aromatic rings. The third kappa shape index (κ3) is 5.25. The van der Waals surface area contributed by atoms with Crippen molar-refractivity contribution in [1.82, 2.24) is 0 Å². The molecule has 168 valence electrons. The molecule has 0 spiro atoms. The Balaban J connectivity index is 0.000000416. The zero-order valence-electron chi connectivity index (χ0n) is 18.8. The second kappa shape index (κ2) is 9.34. The van der Waals surface area contributed by atoms with Gasteiger partial charge in [0.25, 0.3) is 0 Å². The molecule has 5 fully saturated rings. The standard InChI is InChI=1S/C21H26O7.CB4/c1-10-11(2)19(28-16-14-9-23-21(25-14)18-17(16)26-18)24-13-8-22-20(27-15(10)13)12-6-4-3-5-7-12;2-1(3,4)5/h3-7,10-11,13-21H,8-9H2,1-2H3;/t10-,11?,13+,14?,15+,16-,17-,18?,19+,20?,21-;/m1./s1. The molecule has 11 atom stereocenters. The monoisotopic (exact) mass is 446 g/mol. The van der Waals surface area contributed by atoms with Gasteiger partial charge in [0.1, 0.15) is 30.5 Å². The lowest BCUT2D eigenvalue weighted by molar-refractivity contribution is -0.352. The van der Waals surface area contributed by atoms with Crippen LogP contribution in [0, 0.1) is 11.8 Å². The Morgan fingerprint density at radius 3 is 2.21 bits per heavy atom. The Morgan fingerprint density at radius 2 is 1.48 bits per heavy atom. The van der Waals surface area contributed by atoms with Gasteiger partial charge in [-0.15, -0.1) is 0 Å². The average Bonchev–Trinajstić information content (AvgIpc) is 3.46. The molecule has 0 N–H and O–H groups in total.